The van der Waals surface area contributed by atoms with Crippen LogP contribution in [0.15, 0.2) is 0 Å². The van der Waals surface area contributed by atoms with Gasteiger partial charge in [-0.15, -0.1) is 0 Å². The maximum Gasteiger partial charge on any atom is 0.00906 e. The van der Waals surface area contributed by atoms with Gasteiger partial charge in [-0.1, -0.05) is 42.1 Å². The van der Waals surface area contributed by atoms with E-state index in [0.29, 0.717) is 0 Å². The summed E-state index contributed by atoms with van der Waals surface area (Å²) >= 11 is 3.78. The van der Waals surface area contributed by atoms with E-state index in [9.17, 15) is 0 Å². The molecule has 0 saturated heterocycles. The van der Waals surface area contributed by atoms with Gasteiger partial charge in [-0.25, -0.2) is 0 Å². The van der Waals surface area contributed by atoms with E-state index >= 15 is 0 Å². The standard InChI is InChI=1S/C14H25Br/c1-2-3-4-12-7-9-14(11-15,10-8-12)13-5-6-13/h12-13H,2-11H2,1H3. The second kappa shape index (κ2) is 5.21. The first-order valence-electron chi connectivity index (χ1n) is 6.86. The zero-order valence-corrected chi connectivity index (χ0v) is 11.7. The van der Waals surface area contributed by atoms with Gasteiger partial charge in [0.05, 0.1) is 0 Å². The third kappa shape index (κ3) is 2.78. The minimum absolute atomic E-state index is 0.725. The molecule has 0 heterocycles. The molecule has 2 saturated carbocycles. The Morgan fingerprint density at radius 2 is 1.80 bits per heavy atom. The van der Waals surface area contributed by atoms with Crippen molar-refractivity contribution in [1.29, 1.82) is 0 Å². The van der Waals surface area contributed by atoms with E-state index in [2.05, 4.69) is 22.9 Å². The molecular formula is C14H25Br. The van der Waals surface area contributed by atoms with E-state index in [1.807, 2.05) is 0 Å². The highest BCUT2D eigenvalue weighted by Crippen LogP contribution is 2.55. The molecule has 0 N–H and O–H groups in total. The average Bonchev–Trinajstić information content (AvgIpc) is 3.11. The van der Waals surface area contributed by atoms with Gasteiger partial charge in [0.25, 0.3) is 0 Å². The number of rotatable bonds is 5. The smallest absolute Gasteiger partial charge is 0.00906 e. The van der Waals surface area contributed by atoms with Crippen LogP contribution in [0.2, 0.25) is 0 Å². The summed E-state index contributed by atoms with van der Waals surface area (Å²) in [5.74, 6) is 2.15. The normalized spacial score (nSPS) is 36.8. The second-order valence-electron chi connectivity index (χ2n) is 5.86. The number of hydrogen-bond acceptors (Lipinski definition) is 0. The Kier molecular flexibility index (Phi) is 4.15. The summed E-state index contributed by atoms with van der Waals surface area (Å²) in [5.41, 5.74) is 0.725. The molecule has 2 aliphatic carbocycles. The first kappa shape index (κ1) is 12.0. The van der Waals surface area contributed by atoms with E-state index in [1.54, 1.807) is 0 Å². The van der Waals surface area contributed by atoms with Crippen molar-refractivity contribution in [2.24, 2.45) is 17.3 Å². The Morgan fingerprint density at radius 3 is 2.27 bits per heavy atom. The van der Waals surface area contributed by atoms with Crippen LogP contribution in [0.1, 0.15) is 64.7 Å². The zero-order valence-electron chi connectivity index (χ0n) is 10.1. The van der Waals surface area contributed by atoms with Crippen LogP contribution in [0.5, 0.6) is 0 Å². The summed E-state index contributed by atoms with van der Waals surface area (Å²) in [6, 6.07) is 0. The van der Waals surface area contributed by atoms with Gasteiger partial charge in [-0.2, -0.15) is 0 Å². The molecule has 0 nitrogen and oxygen atoms in total. The van der Waals surface area contributed by atoms with E-state index < -0.39 is 0 Å². The summed E-state index contributed by atoms with van der Waals surface area (Å²) in [6.07, 6.45) is 13.4. The summed E-state index contributed by atoms with van der Waals surface area (Å²) in [5, 5.41) is 1.27. The molecule has 0 spiro atoms. The molecule has 0 aromatic rings. The molecule has 2 aliphatic rings. The lowest BCUT2D eigenvalue weighted by atomic mass is 9.68. The van der Waals surface area contributed by atoms with Crippen LogP contribution >= 0.6 is 15.9 Å². The predicted octanol–water partition coefficient (Wildman–Crippen LogP) is 5.16. The van der Waals surface area contributed by atoms with Crippen LogP contribution in [-0.4, -0.2) is 5.33 Å². The van der Waals surface area contributed by atoms with Gasteiger partial charge in [0.1, 0.15) is 0 Å². The summed E-state index contributed by atoms with van der Waals surface area (Å²) in [7, 11) is 0. The monoisotopic (exact) mass is 272 g/mol. The molecule has 88 valence electrons. The summed E-state index contributed by atoms with van der Waals surface area (Å²) < 4.78 is 0. The Hall–Kier alpha value is 0.480. The molecule has 0 aromatic carbocycles. The highest BCUT2D eigenvalue weighted by atomic mass is 79.9. The fraction of sp³-hybridized carbons (Fsp3) is 1.00. The molecule has 0 aromatic heterocycles. The molecule has 0 aliphatic heterocycles. The van der Waals surface area contributed by atoms with Crippen LogP contribution in [0, 0.1) is 17.3 Å². The fourth-order valence-electron chi connectivity index (χ4n) is 3.38. The lowest BCUT2D eigenvalue weighted by Crippen LogP contribution is -2.31. The number of halogens is 1. The van der Waals surface area contributed by atoms with Gasteiger partial charge in [0, 0.05) is 5.33 Å². The predicted molar refractivity (Wildman–Crippen MR) is 70.4 cm³/mol. The first-order valence-corrected chi connectivity index (χ1v) is 7.99. The first-order chi connectivity index (χ1) is 7.30. The summed E-state index contributed by atoms with van der Waals surface area (Å²) in [6.45, 7) is 2.32. The van der Waals surface area contributed by atoms with Crippen molar-refractivity contribution in [2.75, 3.05) is 5.33 Å². The minimum Gasteiger partial charge on any atom is -0.0922 e. The van der Waals surface area contributed by atoms with Gasteiger partial charge < -0.3 is 0 Å². The van der Waals surface area contributed by atoms with Crippen molar-refractivity contribution in [1.82, 2.24) is 0 Å². The zero-order chi connectivity index (χ0) is 10.7. The largest absolute Gasteiger partial charge is 0.0922 e. The number of unbranched alkanes of at least 4 members (excludes halogenated alkanes) is 1. The lowest BCUT2D eigenvalue weighted by Gasteiger charge is -2.39. The van der Waals surface area contributed by atoms with E-state index in [-0.39, 0.29) is 0 Å². The molecular weight excluding hydrogens is 248 g/mol. The minimum atomic E-state index is 0.725. The molecule has 15 heavy (non-hydrogen) atoms. The Labute approximate surface area is 103 Å². The fourth-order valence-corrected chi connectivity index (χ4v) is 4.40. The summed E-state index contributed by atoms with van der Waals surface area (Å²) in [4.78, 5) is 0. The van der Waals surface area contributed by atoms with Crippen molar-refractivity contribution < 1.29 is 0 Å². The topological polar surface area (TPSA) is 0 Å². The van der Waals surface area contributed by atoms with Gasteiger partial charge in [-0.3, -0.25) is 0 Å². The number of hydrogen-bond donors (Lipinski definition) is 0. The third-order valence-electron chi connectivity index (χ3n) is 4.78. The van der Waals surface area contributed by atoms with E-state index in [1.165, 1.54) is 63.1 Å². The van der Waals surface area contributed by atoms with E-state index in [0.717, 1.165) is 17.3 Å². The molecule has 0 atom stereocenters. The number of alkyl halides is 1. The van der Waals surface area contributed by atoms with Crippen LogP contribution in [0.3, 0.4) is 0 Å². The lowest BCUT2D eigenvalue weighted by molar-refractivity contribution is 0.143. The van der Waals surface area contributed by atoms with Crippen molar-refractivity contribution in [3.63, 3.8) is 0 Å². The van der Waals surface area contributed by atoms with Crippen LogP contribution in [0.4, 0.5) is 0 Å². The van der Waals surface area contributed by atoms with E-state index in [4.69, 9.17) is 0 Å². The molecule has 0 amide bonds. The molecule has 0 unspecified atom stereocenters. The van der Waals surface area contributed by atoms with Crippen molar-refractivity contribution >= 4 is 15.9 Å². The highest BCUT2D eigenvalue weighted by molar-refractivity contribution is 9.09. The molecule has 1 heteroatoms. The highest BCUT2D eigenvalue weighted by Gasteiger charge is 2.45. The molecule has 2 fully saturated rings. The van der Waals surface area contributed by atoms with Gasteiger partial charge in [0.15, 0.2) is 0 Å². The quantitative estimate of drug-likeness (QED) is 0.607. The Balaban J connectivity index is 1.79. The van der Waals surface area contributed by atoms with Crippen molar-refractivity contribution in [3.05, 3.63) is 0 Å². The average molecular weight is 273 g/mol. The third-order valence-corrected chi connectivity index (χ3v) is 5.89. The van der Waals surface area contributed by atoms with Gasteiger partial charge in [-0.05, 0) is 55.8 Å². The maximum absolute atomic E-state index is 3.78. The Morgan fingerprint density at radius 1 is 1.13 bits per heavy atom. The van der Waals surface area contributed by atoms with Crippen LogP contribution < -0.4 is 0 Å². The molecule has 0 radical (unpaired) electrons. The van der Waals surface area contributed by atoms with Crippen LogP contribution in [0.25, 0.3) is 0 Å². The van der Waals surface area contributed by atoms with Crippen molar-refractivity contribution in [3.8, 4) is 0 Å². The molecule has 2 rings (SSSR count). The van der Waals surface area contributed by atoms with Gasteiger partial charge in [0.2, 0.25) is 0 Å². The SMILES string of the molecule is CCCCC1CCC(CBr)(C2CC2)CC1. The second-order valence-corrected chi connectivity index (χ2v) is 6.42. The molecule has 0 bridgehead atoms. The Bertz CT molecular complexity index is 188. The van der Waals surface area contributed by atoms with Crippen LogP contribution in [-0.2, 0) is 0 Å². The van der Waals surface area contributed by atoms with Crippen molar-refractivity contribution in [2.45, 2.75) is 64.7 Å². The van der Waals surface area contributed by atoms with Gasteiger partial charge >= 0.3 is 0 Å². The maximum atomic E-state index is 3.78.